The van der Waals surface area contributed by atoms with Crippen molar-refractivity contribution in [2.75, 3.05) is 0 Å². The molecule has 2 aromatic rings. The highest BCUT2D eigenvalue weighted by Gasteiger charge is 2.55. The highest BCUT2D eigenvalue weighted by atomic mass is 79.9. The summed E-state index contributed by atoms with van der Waals surface area (Å²) in [5.41, 5.74) is 2.79. The third-order valence-corrected chi connectivity index (χ3v) is 8.05. The van der Waals surface area contributed by atoms with E-state index in [9.17, 15) is 4.79 Å². The fraction of sp³-hybridized carbons (Fsp3) is 0.227. The molecule has 3 unspecified atom stereocenters. The van der Waals surface area contributed by atoms with Gasteiger partial charge in [0.2, 0.25) is 0 Å². The van der Waals surface area contributed by atoms with Crippen molar-refractivity contribution < 1.29 is 9.53 Å². The molecule has 0 radical (unpaired) electrons. The molecule has 0 N–H and O–H groups in total. The van der Waals surface area contributed by atoms with Crippen LogP contribution in [-0.2, 0) is 0 Å². The van der Waals surface area contributed by atoms with E-state index in [0.29, 0.717) is 11.3 Å². The molecule has 2 aromatic carbocycles. The molecule has 1 aliphatic heterocycles. The molecule has 26 heavy (non-hydrogen) atoms. The van der Waals surface area contributed by atoms with Crippen LogP contribution in [0.3, 0.4) is 0 Å². The largest absolute Gasteiger partial charge is 0.483 e. The second-order valence-electron chi connectivity index (χ2n) is 6.57. The minimum atomic E-state index is -0.917. The van der Waals surface area contributed by atoms with Gasteiger partial charge in [-0.3, -0.25) is 4.79 Å². The molecule has 4 heteroatoms. The number of alkyl halides is 2. The lowest BCUT2D eigenvalue weighted by atomic mass is 9.79. The van der Waals surface area contributed by atoms with Crippen molar-refractivity contribution in [3.8, 4) is 5.75 Å². The monoisotopic (exact) mass is 472 g/mol. The maximum atomic E-state index is 13.6. The van der Waals surface area contributed by atoms with Crippen LogP contribution < -0.4 is 4.74 Å². The smallest absolute Gasteiger partial charge is 0.188 e. The zero-order valence-electron chi connectivity index (χ0n) is 14.1. The third kappa shape index (κ3) is 2.89. The van der Waals surface area contributed by atoms with Crippen molar-refractivity contribution in [3.63, 3.8) is 0 Å². The number of Topliss-reactive ketones (excluding diaryl/α,β-unsaturated/α-hetero) is 1. The normalized spacial score (nSPS) is 25.8. The first-order valence-electron chi connectivity index (χ1n) is 8.66. The molecule has 1 aliphatic carbocycles. The van der Waals surface area contributed by atoms with Gasteiger partial charge in [0, 0.05) is 0 Å². The number of hydrogen-bond donors (Lipinski definition) is 0. The summed E-state index contributed by atoms with van der Waals surface area (Å²) in [6, 6.07) is 17.5. The minimum Gasteiger partial charge on any atom is -0.483 e. The van der Waals surface area contributed by atoms with Crippen molar-refractivity contribution >= 4 is 37.6 Å². The zero-order valence-corrected chi connectivity index (χ0v) is 17.2. The lowest BCUT2D eigenvalue weighted by Gasteiger charge is -2.43. The zero-order chi connectivity index (χ0) is 18.1. The van der Waals surface area contributed by atoms with Crippen LogP contribution in [0.25, 0.3) is 0 Å². The Morgan fingerprint density at radius 2 is 1.81 bits per heavy atom. The maximum absolute atomic E-state index is 13.6. The van der Waals surface area contributed by atoms with E-state index in [1.54, 1.807) is 0 Å². The summed E-state index contributed by atoms with van der Waals surface area (Å²) in [7, 11) is 0. The Hall–Kier alpha value is -1.65. The Bertz CT molecular complexity index is 888. The number of benzene rings is 2. The second kappa shape index (κ2) is 7.16. The molecule has 1 heterocycles. The van der Waals surface area contributed by atoms with Crippen LogP contribution in [0.15, 0.2) is 78.4 Å². The molecular weight excluding hydrogens is 456 g/mol. The van der Waals surface area contributed by atoms with Gasteiger partial charge in [0.25, 0.3) is 0 Å². The van der Waals surface area contributed by atoms with E-state index in [1.165, 1.54) is 0 Å². The van der Waals surface area contributed by atoms with Crippen LogP contribution in [0.1, 0.15) is 33.6 Å². The summed E-state index contributed by atoms with van der Waals surface area (Å²) in [5, 5.41) is 0. The van der Waals surface area contributed by atoms with Crippen LogP contribution >= 0.6 is 31.9 Å². The molecule has 0 fully saturated rings. The number of hydrogen-bond acceptors (Lipinski definition) is 2. The van der Waals surface area contributed by atoms with Crippen molar-refractivity contribution in [2.45, 2.75) is 28.1 Å². The number of fused-ring (bicyclic) bond motifs is 1. The molecule has 132 valence electrons. The fourth-order valence-electron chi connectivity index (χ4n) is 3.59. The lowest BCUT2D eigenvalue weighted by Crippen LogP contribution is -2.54. The van der Waals surface area contributed by atoms with Crippen LogP contribution in [0.4, 0.5) is 0 Å². The summed E-state index contributed by atoms with van der Waals surface area (Å²) in [6.07, 6.45) is 7.74. The molecule has 0 saturated heterocycles. The Morgan fingerprint density at radius 1 is 1.08 bits per heavy atom. The SMILES string of the molecule is O=C1c2ccccc2OC(C2=CC=CCC2)C1(Br)C(Br)c1ccccc1. The number of allylic oxidation sites excluding steroid dienone is 3. The topological polar surface area (TPSA) is 26.3 Å². The van der Waals surface area contributed by atoms with Crippen molar-refractivity contribution in [1.29, 1.82) is 0 Å². The van der Waals surface area contributed by atoms with Crippen LogP contribution in [0.5, 0.6) is 5.75 Å². The molecule has 0 spiro atoms. The Balaban J connectivity index is 1.86. The highest BCUT2D eigenvalue weighted by molar-refractivity contribution is 9.12. The van der Waals surface area contributed by atoms with Gasteiger partial charge in [0.1, 0.15) is 16.2 Å². The van der Waals surface area contributed by atoms with Gasteiger partial charge < -0.3 is 4.74 Å². The maximum Gasteiger partial charge on any atom is 0.188 e. The van der Waals surface area contributed by atoms with Crippen molar-refractivity contribution in [3.05, 3.63) is 89.5 Å². The standard InChI is InChI=1S/C22H18Br2O2/c23-19(15-9-3-1-4-10-15)22(24)20(25)17-13-7-8-14-18(17)26-21(22)16-11-5-2-6-12-16/h1-5,7-11,13-14,19,21H,6,12H2. The minimum absolute atomic E-state index is 0.0468. The molecule has 4 rings (SSSR count). The molecule has 3 atom stereocenters. The van der Waals surface area contributed by atoms with E-state index >= 15 is 0 Å². The predicted molar refractivity (Wildman–Crippen MR) is 111 cm³/mol. The van der Waals surface area contributed by atoms with Gasteiger partial charge in [-0.05, 0) is 36.1 Å². The van der Waals surface area contributed by atoms with Gasteiger partial charge in [0.05, 0.1) is 10.4 Å². The van der Waals surface area contributed by atoms with Gasteiger partial charge in [-0.1, -0.05) is 92.6 Å². The highest BCUT2D eigenvalue weighted by Crippen LogP contribution is 2.52. The van der Waals surface area contributed by atoms with Crippen LogP contribution in [0.2, 0.25) is 0 Å². The molecule has 0 aromatic heterocycles. The average Bonchev–Trinajstić information content (AvgIpc) is 2.71. The first-order valence-corrected chi connectivity index (χ1v) is 10.4. The van der Waals surface area contributed by atoms with E-state index in [1.807, 2.05) is 60.7 Å². The van der Waals surface area contributed by atoms with Crippen molar-refractivity contribution in [2.24, 2.45) is 0 Å². The molecule has 2 nitrogen and oxygen atoms in total. The van der Waals surface area contributed by atoms with Crippen LogP contribution in [0, 0.1) is 0 Å². The molecule has 0 amide bonds. The molecule has 0 saturated carbocycles. The third-order valence-electron chi connectivity index (χ3n) is 4.95. The summed E-state index contributed by atoms with van der Waals surface area (Å²) >= 11 is 7.66. The molecule has 0 bridgehead atoms. The second-order valence-corrected chi connectivity index (χ2v) is 8.80. The lowest BCUT2D eigenvalue weighted by molar-refractivity contribution is 0.0791. The first-order chi connectivity index (χ1) is 12.6. The van der Waals surface area contributed by atoms with E-state index in [2.05, 4.69) is 44.0 Å². The number of para-hydroxylation sites is 1. The number of halogens is 2. The number of ketones is 1. The number of carbonyl (C=O) groups is 1. The van der Waals surface area contributed by atoms with Gasteiger partial charge in [-0.25, -0.2) is 0 Å². The Labute approximate surface area is 170 Å². The number of ether oxygens (including phenoxy) is 1. The first kappa shape index (κ1) is 17.7. The van der Waals surface area contributed by atoms with E-state index in [-0.39, 0.29) is 16.7 Å². The average molecular weight is 474 g/mol. The Kier molecular flexibility index (Phi) is 4.89. The van der Waals surface area contributed by atoms with Crippen LogP contribution in [-0.4, -0.2) is 16.2 Å². The molecule has 2 aliphatic rings. The summed E-state index contributed by atoms with van der Waals surface area (Å²) in [5.74, 6) is 0.700. The summed E-state index contributed by atoms with van der Waals surface area (Å²) in [6.45, 7) is 0. The predicted octanol–water partition coefficient (Wildman–Crippen LogP) is 6.18. The number of carbonyl (C=O) groups excluding carboxylic acids is 1. The van der Waals surface area contributed by atoms with Crippen molar-refractivity contribution in [1.82, 2.24) is 0 Å². The van der Waals surface area contributed by atoms with Gasteiger partial charge >= 0.3 is 0 Å². The van der Waals surface area contributed by atoms with E-state index in [0.717, 1.165) is 24.0 Å². The van der Waals surface area contributed by atoms with E-state index in [4.69, 9.17) is 4.74 Å². The van der Waals surface area contributed by atoms with E-state index < -0.39 is 4.32 Å². The molecular formula is C22H18Br2O2. The van der Waals surface area contributed by atoms with Gasteiger partial charge in [-0.2, -0.15) is 0 Å². The fourth-order valence-corrected chi connectivity index (χ4v) is 5.21. The summed E-state index contributed by atoms with van der Waals surface area (Å²) in [4.78, 5) is 13.4. The summed E-state index contributed by atoms with van der Waals surface area (Å²) < 4.78 is 5.48. The number of rotatable bonds is 3. The van der Waals surface area contributed by atoms with Gasteiger partial charge in [-0.15, -0.1) is 0 Å². The quantitative estimate of drug-likeness (QED) is 0.497. The Morgan fingerprint density at radius 3 is 2.54 bits per heavy atom. The van der Waals surface area contributed by atoms with Gasteiger partial charge in [0.15, 0.2) is 5.78 Å².